The molecule has 274 valence electrons. The van der Waals surface area contributed by atoms with Gasteiger partial charge in [0.15, 0.2) is 0 Å². The van der Waals surface area contributed by atoms with Gasteiger partial charge in [-0.3, -0.25) is 0 Å². The largest absolute Gasteiger partial charge is 0.243 e. The highest BCUT2D eigenvalue weighted by Crippen LogP contribution is 2.22. The van der Waals surface area contributed by atoms with Gasteiger partial charge < -0.3 is 0 Å². The molecule has 0 unspecified atom stereocenters. The maximum absolute atomic E-state index is 13.9. The normalized spacial score (nSPS) is 12.4. The van der Waals surface area contributed by atoms with Crippen LogP contribution in [0.3, 0.4) is 0 Å². The van der Waals surface area contributed by atoms with Gasteiger partial charge in [0.2, 0.25) is 20.0 Å². The molecule has 2 rings (SSSR count). The van der Waals surface area contributed by atoms with Crippen LogP contribution in [-0.2, 0) is 20.0 Å². The Morgan fingerprint density at radius 3 is 0.896 bits per heavy atom. The first-order valence-electron chi connectivity index (χ1n) is 19.3. The number of hydrogen-bond donors (Lipinski definition) is 0. The minimum Gasteiger partial charge on any atom is -0.207 e. The summed E-state index contributed by atoms with van der Waals surface area (Å²) in [6, 6.07) is 14.0. The van der Waals surface area contributed by atoms with Crippen LogP contribution in [0.2, 0.25) is 0 Å². The lowest BCUT2D eigenvalue weighted by Crippen LogP contribution is -2.42. The zero-order valence-electron chi connectivity index (χ0n) is 30.9. The Labute approximate surface area is 296 Å². The molecule has 6 nitrogen and oxygen atoms in total. The van der Waals surface area contributed by atoms with Crippen LogP contribution in [0, 0.1) is 13.8 Å². The molecule has 0 saturated heterocycles. The third kappa shape index (κ3) is 16.3. The molecule has 48 heavy (non-hydrogen) atoms. The Kier molecular flexibility index (Phi) is 21.6. The molecule has 0 atom stereocenters. The van der Waals surface area contributed by atoms with Crippen LogP contribution in [0.5, 0.6) is 0 Å². The molecule has 0 radical (unpaired) electrons. The predicted octanol–water partition coefficient (Wildman–Crippen LogP) is 10.8. The lowest BCUT2D eigenvalue weighted by molar-refractivity contribution is 0.333. The number of sulfonamides is 2. The second-order valence-electron chi connectivity index (χ2n) is 13.8. The fraction of sp³-hybridized carbons (Fsp3) is 0.700. The Balaban J connectivity index is 2.07. The van der Waals surface area contributed by atoms with E-state index >= 15 is 0 Å². The van der Waals surface area contributed by atoms with Crippen LogP contribution in [0.15, 0.2) is 58.3 Å². The quantitative estimate of drug-likeness (QED) is 0.0790. The van der Waals surface area contributed by atoms with E-state index < -0.39 is 20.0 Å². The molecule has 0 aromatic heterocycles. The molecule has 0 heterocycles. The molecular weight excluding hydrogens is 637 g/mol. The minimum absolute atomic E-state index is 0.135. The summed E-state index contributed by atoms with van der Waals surface area (Å²) in [6.07, 6.45) is 23.4. The van der Waals surface area contributed by atoms with Gasteiger partial charge in [0.05, 0.1) is 9.79 Å². The van der Waals surface area contributed by atoms with Crippen molar-refractivity contribution in [2.75, 3.05) is 26.2 Å². The lowest BCUT2D eigenvalue weighted by atomic mass is 10.1. The number of hydrogen-bond acceptors (Lipinski definition) is 4. The van der Waals surface area contributed by atoms with Crippen LogP contribution < -0.4 is 0 Å². The maximum atomic E-state index is 13.9. The topological polar surface area (TPSA) is 74.8 Å². The van der Waals surface area contributed by atoms with E-state index in [0.717, 1.165) is 49.7 Å². The zero-order valence-corrected chi connectivity index (χ0v) is 32.6. The monoisotopic (exact) mass is 704 g/mol. The van der Waals surface area contributed by atoms with Gasteiger partial charge in [-0.1, -0.05) is 165 Å². The second-order valence-corrected chi connectivity index (χ2v) is 17.7. The summed E-state index contributed by atoms with van der Waals surface area (Å²) >= 11 is 0. The van der Waals surface area contributed by atoms with Crippen molar-refractivity contribution < 1.29 is 16.8 Å². The Hall–Kier alpha value is -1.74. The van der Waals surface area contributed by atoms with E-state index in [1.807, 2.05) is 38.1 Å². The summed E-state index contributed by atoms with van der Waals surface area (Å²) in [5.74, 6) is 0. The van der Waals surface area contributed by atoms with E-state index in [1.54, 1.807) is 24.3 Å². The third-order valence-corrected chi connectivity index (χ3v) is 13.3. The molecule has 0 bridgehead atoms. The van der Waals surface area contributed by atoms with Crippen LogP contribution in [0.4, 0.5) is 0 Å². The second kappa shape index (κ2) is 24.4. The summed E-state index contributed by atoms with van der Waals surface area (Å²) in [6.45, 7) is 9.42. The summed E-state index contributed by atoms with van der Waals surface area (Å²) < 4.78 is 58.7. The van der Waals surface area contributed by atoms with Gasteiger partial charge in [-0.15, -0.1) is 0 Å². The van der Waals surface area contributed by atoms with Crippen LogP contribution in [-0.4, -0.2) is 51.6 Å². The van der Waals surface area contributed by atoms with Gasteiger partial charge >= 0.3 is 0 Å². The Bertz CT molecular complexity index is 1210. The first-order chi connectivity index (χ1) is 23.1. The molecule has 2 aromatic carbocycles. The predicted molar refractivity (Wildman–Crippen MR) is 204 cm³/mol. The molecule has 8 heteroatoms. The van der Waals surface area contributed by atoms with E-state index in [9.17, 15) is 16.8 Å². The fourth-order valence-corrected chi connectivity index (χ4v) is 9.14. The van der Waals surface area contributed by atoms with Crippen molar-refractivity contribution in [3.05, 3.63) is 59.7 Å². The third-order valence-electron chi connectivity index (χ3n) is 9.44. The average molecular weight is 705 g/mol. The van der Waals surface area contributed by atoms with Crippen molar-refractivity contribution in [1.82, 2.24) is 8.61 Å². The highest BCUT2D eigenvalue weighted by Gasteiger charge is 2.29. The number of benzene rings is 2. The SMILES string of the molecule is CCCCCCCCCCCCN(CCN(CCCCCCCCCCCC)S(=O)(=O)c1ccc(C)cc1)S(=O)(=O)c1ccc(C)cc1. The molecule has 0 spiro atoms. The molecule has 0 aliphatic rings. The van der Waals surface area contributed by atoms with Gasteiger partial charge in [0.25, 0.3) is 0 Å². The van der Waals surface area contributed by atoms with Crippen LogP contribution in [0.1, 0.15) is 153 Å². The van der Waals surface area contributed by atoms with Crippen molar-refractivity contribution in [2.24, 2.45) is 0 Å². The van der Waals surface area contributed by atoms with Gasteiger partial charge in [0.1, 0.15) is 0 Å². The van der Waals surface area contributed by atoms with Crippen LogP contribution >= 0.6 is 0 Å². The molecule has 0 N–H and O–H groups in total. The van der Waals surface area contributed by atoms with Crippen molar-refractivity contribution in [3.8, 4) is 0 Å². The average Bonchev–Trinajstić information content (AvgIpc) is 3.06. The van der Waals surface area contributed by atoms with E-state index in [-0.39, 0.29) is 22.9 Å². The molecule has 0 aliphatic heterocycles. The van der Waals surface area contributed by atoms with E-state index in [0.29, 0.717) is 13.1 Å². The van der Waals surface area contributed by atoms with Crippen molar-refractivity contribution >= 4 is 20.0 Å². The Morgan fingerprint density at radius 1 is 0.375 bits per heavy atom. The summed E-state index contributed by atoms with van der Waals surface area (Å²) in [4.78, 5) is 0.533. The first kappa shape index (κ1) is 42.4. The van der Waals surface area contributed by atoms with Crippen LogP contribution in [0.25, 0.3) is 0 Å². The number of rotatable bonds is 29. The Morgan fingerprint density at radius 2 is 0.625 bits per heavy atom. The smallest absolute Gasteiger partial charge is 0.207 e. The summed E-state index contributed by atoms with van der Waals surface area (Å²) in [5.41, 5.74) is 2.00. The van der Waals surface area contributed by atoms with Gasteiger partial charge in [0, 0.05) is 26.2 Å². The molecule has 0 amide bonds. The molecule has 0 aliphatic carbocycles. The van der Waals surface area contributed by atoms with Crippen molar-refractivity contribution in [3.63, 3.8) is 0 Å². The molecule has 2 aromatic rings. The van der Waals surface area contributed by atoms with Gasteiger partial charge in [-0.05, 0) is 51.0 Å². The van der Waals surface area contributed by atoms with Gasteiger partial charge in [-0.2, -0.15) is 8.61 Å². The zero-order chi connectivity index (χ0) is 35.1. The van der Waals surface area contributed by atoms with Crippen molar-refractivity contribution in [1.29, 1.82) is 0 Å². The van der Waals surface area contributed by atoms with E-state index in [2.05, 4.69) is 13.8 Å². The van der Waals surface area contributed by atoms with Crippen molar-refractivity contribution in [2.45, 2.75) is 166 Å². The first-order valence-corrected chi connectivity index (χ1v) is 22.1. The highest BCUT2D eigenvalue weighted by atomic mass is 32.2. The highest BCUT2D eigenvalue weighted by molar-refractivity contribution is 7.89. The fourth-order valence-electron chi connectivity index (χ4n) is 6.20. The maximum Gasteiger partial charge on any atom is 0.243 e. The minimum atomic E-state index is -3.77. The lowest BCUT2D eigenvalue weighted by Gasteiger charge is -2.27. The number of unbranched alkanes of at least 4 members (excludes halogenated alkanes) is 18. The summed E-state index contributed by atoms with van der Waals surface area (Å²) in [7, 11) is -7.54. The molecular formula is C40H68N2O4S2. The van der Waals surface area contributed by atoms with E-state index in [1.165, 1.54) is 98.5 Å². The van der Waals surface area contributed by atoms with E-state index in [4.69, 9.17) is 0 Å². The number of aryl methyl sites for hydroxylation is 2. The van der Waals surface area contributed by atoms with Gasteiger partial charge in [-0.25, -0.2) is 16.8 Å². The molecule has 0 fully saturated rings. The standard InChI is InChI=1S/C40H68N2O4S2/c1-5-7-9-11-13-15-17-19-21-23-33-41(47(43,44)39-29-25-37(3)26-30-39)35-36-42(48(45,46)40-31-27-38(4)28-32-40)34-24-22-20-18-16-14-12-10-8-6-2/h25-32H,5-24,33-36H2,1-4H3. The summed E-state index contributed by atoms with van der Waals surface area (Å²) in [5, 5.41) is 0. The number of nitrogens with zero attached hydrogens (tertiary/aromatic N) is 2. The molecule has 0 saturated carbocycles.